The van der Waals surface area contributed by atoms with Crippen LogP contribution in [-0.4, -0.2) is 52.9 Å². The molecule has 4 rings (SSSR count). The zero-order chi connectivity index (χ0) is 26.7. The van der Waals surface area contributed by atoms with Crippen LogP contribution in [0.1, 0.15) is 75.8 Å². The van der Waals surface area contributed by atoms with Gasteiger partial charge < -0.3 is 20.3 Å². The number of nitrogens with zero attached hydrogens (tertiary/aromatic N) is 2. The quantitative estimate of drug-likeness (QED) is 0.450. The Morgan fingerprint density at radius 2 is 1.79 bits per heavy atom. The zero-order valence-corrected chi connectivity index (χ0v) is 21.7. The van der Waals surface area contributed by atoms with Crippen LogP contribution in [0.4, 0.5) is 10.2 Å². The molecule has 1 aliphatic heterocycles. The Balaban J connectivity index is 1.48. The van der Waals surface area contributed by atoms with Gasteiger partial charge >= 0.3 is 0 Å². The Bertz CT molecular complexity index is 1050. The van der Waals surface area contributed by atoms with Crippen LogP contribution >= 0.6 is 0 Å². The van der Waals surface area contributed by atoms with Crippen LogP contribution in [0.15, 0.2) is 48.7 Å². The number of aromatic nitrogens is 1. The van der Waals surface area contributed by atoms with Gasteiger partial charge in [-0.2, -0.15) is 0 Å². The Morgan fingerprint density at radius 1 is 1.00 bits per heavy atom. The van der Waals surface area contributed by atoms with E-state index < -0.39 is 11.9 Å². The number of hydrogen-bond donors (Lipinski definition) is 2. The summed E-state index contributed by atoms with van der Waals surface area (Å²) in [6.07, 6.45) is 8.78. The third-order valence-corrected chi connectivity index (χ3v) is 7.17. The molecule has 0 bridgehead atoms. The lowest BCUT2D eigenvalue weighted by Crippen LogP contribution is -2.49. The Kier molecular flexibility index (Phi) is 10.2. The van der Waals surface area contributed by atoms with E-state index in [1.807, 2.05) is 0 Å². The summed E-state index contributed by atoms with van der Waals surface area (Å²) < 4.78 is 19.6. The summed E-state index contributed by atoms with van der Waals surface area (Å²) in [7, 11) is 0. The molecule has 0 spiro atoms. The molecule has 9 heteroatoms. The molecule has 38 heavy (non-hydrogen) atoms. The molecule has 1 aliphatic carbocycles. The van der Waals surface area contributed by atoms with Gasteiger partial charge in [-0.25, -0.2) is 9.37 Å². The predicted octanol–water partition coefficient (Wildman–Crippen LogP) is 4.53. The summed E-state index contributed by atoms with van der Waals surface area (Å²) in [5, 5.41) is 5.88. The number of amides is 3. The van der Waals surface area contributed by atoms with Gasteiger partial charge in [0.25, 0.3) is 0 Å². The third-order valence-electron chi connectivity index (χ3n) is 7.17. The van der Waals surface area contributed by atoms with Gasteiger partial charge in [0.1, 0.15) is 17.7 Å². The molecule has 1 aromatic carbocycles. The number of benzene rings is 1. The van der Waals surface area contributed by atoms with Crippen molar-refractivity contribution in [3.8, 4) is 0 Å². The normalized spacial score (nSPS) is 18.5. The van der Waals surface area contributed by atoms with E-state index in [4.69, 9.17) is 4.74 Å². The van der Waals surface area contributed by atoms with E-state index >= 15 is 0 Å². The number of nitrogens with one attached hydrogen (secondary N) is 2. The van der Waals surface area contributed by atoms with Crippen LogP contribution in [0.5, 0.6) is 0 Å². The largest absolute Gasteiger partial charge is 0.376 e. The lowest BCUT2D eigenvalue weighted by Gasteiger charge is -2.34. The van der Waals surface area contributed by atoms with Crippen molar-refractivity contribution < 1.29 is 23.5 Å². The smallest absolute Gasteiger partial charge is 0.247 e. The molecule has 1 aromatic heterocycles. The molecule has 204 valence electrons. The molecule has 8 nitrogen and oxygen atoms in total. The van der Waals surface area contributed by atoms with Crippen LogP contribution in [0, 0.1) is 5.82 Å². The zero-order valence-electron chi connectivity index (χ0n) is 21.7. The Labute approximate surface area is 223 Å². The summed E-state index contributed by atoms with van der Waals surface area (Å²) in [5.74, 6) is -0.676. The Morgan fingerprint density at radius 3 is 2.47 bits per heavy atom. The average molecular weight is 525 g/mol. The van der Waals surface area contributed by atoms with Gasteiger partial charge in [-0.05, 0) is 61.9 Å². The van der Waals surface area contributed by atoms with E-state index in [1.165, 1.54) is 12.1 Å². The molecule has 2 aromatic rings. The van der Waals surface area contributed by atoms with E-state index in [9.17, 15) is 18.8 Å². The first-order valence-electron chi connectivity index (χ1n) is 13.7. The number of carbonyl (C=O) groups excluding carboxylic acids is 3. The highest BCUT2D eigenvalue weighted by atomic mass is 19.1. The fourth-order valence-corrected chi connectivity index (χ4v) is 5.19. The maximum Gasteiger partial charge on any atom is 0.247 e. The summed E-state index contributed by atoms with van der Waals surface area (Å²) in [6, 6.07) is 10.2. The van der Waals surface area contributed by atoms with Crippen LogP contribution in [-0.2, 0) is 19.1 Å². The number of halogens is 1. The number of hydrogen-bond acceptors (Lipinski definition) is 5. The number of rotatable bonds is 11. The topological polar surface area (TPSA) is 101 Å². The number of pyridine rings is 1. The molecule has 1 saturated carbocycles. The van der Waals surface area contributed by atoms with Crippen molar-refractivity contribution in [1.82, 2.24) is 15.2 Å². The molecular formula is C29H37FN4O4. The molecule has 2 aliphatic rings. The maximum absolute atomic E-state index is 13.8. The lowest BCUT2D eigenvalue weighted by atomic mass is 9.94. The molecule has 2 N–H and O–H groups in total. The second-order valence-electron chi connectivity index (χ2n) is 10.1. The van der Waals surface area contributed by atoms with Crippen molar-refractivity contribution in [3.63, 3.8) is 0 Å². The van der Waals surface area contributed by atoms with Gasteiger partial charge in [0.05, 0.1) is 6.10 Å². The van der Waals surface area contributed by atoms with Crippen molar-refractivity contribution in [1.29, 1.82) is 0 Å². The lowest BCUT2D eigenvalue weighted by molar-refractivity contribution is -0.143. The number of anilines is 1. The van der Waals surface area contributed by atoms with Crippen LogP contribution in [0.25, 0.3) is 0 Å². The molecule has 2 heterocycles. The number of ether oxygens (including phenoxy) is 1. The summed E-state index contributed by atoms with van der Waals surface area (Å²) in [4.78, 5) is 45.3. The van der Waals surface area contributed by atoms with E-state index in [2.05, 4.69) is 15.6 Å². The molecular weight excluding hydrogens is 487 g/mol. The predicted molar refractivity (Wildman–Crippen MR) is 142 cm³/mol. The second kappa shape index (κ2) is 14.0. The first-order valence-corrected chi connectivity index (χ1v) is 13.7. The van der Waals surface area contributed by atoms with Crippen molar-refractivity contribution in [3.05, 3.63) is 60.0 Å². The molecule has 1 saturated heterocycles. The molecule has 3 amide bonds. The van der Waals surface area contributed by atoms with E-state index in [0.717, 1.165) is 44.9 Å². The van der Waals surface area contributed by atoms with Gasteiger partial charge in [-0.1, -0.05) is 37.5 Å². The van der Waals surface area contributed by atoms with Gasteiger partial charge in [-0.3, -0.25) is 14.4 Å². The average Bonchev–Trinajstić information content (AvgIpc) is 3.44. The summed E-state index contributed by atoms with van der Waals surface area (Å²) in [5.41, 5.74) is 0.555. The van der Waals surface area contributed by atoms with Gasteiger partial charge in [-0.15, -0.1) is 0 Å². The van der Waals surface area contributed by atoms with Gasteiger partial charge in [0, 0.05) is 38.2 Å². The molecule has 2 fully saturated rings. The standard InChI is InChI=1S/C29H37FN4O4/c30-22-16-14-21(15-17-22)28(29(37)32-23-8-2-1-3-9-23)34(20-24-10-7-19-38-24)27(36)13-6-12-26(35)33-25-11-4-5-18-31-25/h4-5,11,14-18,23-24,28H,1-3,6-10,12-13,19-20H2,(H,32,37)(H,31,33,35). The monoisotopic (exact) mass is 524 g/mol. The van der Waals surface area contributed by atoms with Crippen molar-refractivity contribution in [2.75, 3.05) is 18.5 Å². The summed E-state index contributed by atoms with van der Waals surface area (Å²) >= 11 is 0. The fourth-order valence-electron chi connectivity index (χ4n) is 5.19. The molecule has 2 atom stereocenters. The number of carbonyl (C=O) groups is 3. The van der Waals surface area contributed by atoms with Crippen molar-refractivity contribution >= 4 is 23.5 Å². The van der Waals surface area contributed by atoms with Crippen LogP contribution in [0.2, 0.25) is 0 Å². The van der Waals surface area contributed by atoms with Gasteiger partial charge in [0.15, 0.2) is 0 Å². The minimum absolute atomic E-state index is 0.0640. The van der Waals surface area contributed by atoms with Crippen LogP contribution in [0.3, 0.4) is 0 Å². The second-order valence-corrected chi connectivity index (χ2v) is 10.1. The first-order chi connectivity index (χ1) is 18.5. The molecule has 0 radical (unpaired) electrons. The summed E-state index contributed by atoms with van der Waals surface area (Å²) in [6.45, 7) is 0.884. The minimum Gasteiger partial charge on any atom is -0.376 e. The highest BCUT2D eigenvalue weighted by Gasteiger charge is 2.35. The SMILES string of the molecule is O=C(CCCC(=O)N(CC1CCCO1)C(C(=O)NC1CCCCC1)c1ccc(F)cc1)Nc1ccccn1. The van der Waals surface area contributed by atoms with Gasteiger partial charge in [0.2, 0.25) is 17.7 Å². The highest BCUT2D eigenvalue weighted by molar-refractivity contribution is 5.91. The maximum atomic E-state index is 13.8. The Hall–Kier alpha value is -3.33. The van der Waals surface area contributed by atoms with E-state index in [-0.39, 0.29) is 49.3 Å². The minimum atomic E-state index is -0.906. The first kappa shape index (κ1) is 27.7. The highest BCUT2D eigenvalue weighted by Crippen LogP contribution is 2.27. The molecule has 2 unspecified atom stereocenters. The van der Waals surface area contributed by atoms with E-state index in [0.29, 0.717) is 24.4 Å². The van der Waals surface area contributed by atoms with Crippen molar-refractivity contribution in [2.24, 2.45) is 0 Å². The van der Waals surface area contributed by atoms with Crippen molar-refractivity contribution in [2.45, 2.75) is 82.4 Å². The van der Waals surface area contributed by atoms with Crippen LogP contribution < -0.4 is 10.6 Å². The third kappa shape index (κ3) is 8.08. The van der Waals surface area contributed by atoms with E-state index in [1.54, 1.807) is 41.4 Å². The fraction of sp³-hybridized carbons (Fsp3) is 0.517.